The average Bonchev–Trinajstić information content (AvgIpc) is 3.89. The van der Waals surface area contributed by atoms with Gasteiger partial charge in [0.1, 0.15) is 11.2 Å². The number of benzene rings is 11. The first-order chi connectivity index (χ1) is 31.7. The third kappa shape index (κ3) is 5.04. The lowest BCUT2D eigenvalue weighted by Gasteiger charge is -2.24. The van der Waals surface area contributed by atoms with Gasteiger partial charge in [-0.05, 0) is 170 Å². The van der Waals surface area contributed by atoms with Gasteiger partial charge < -0.3 is 4.42 Å². The Labute approximate surface area is 378 Å². The summed E-state index contributed by atoms with van der Waals surface area (Å²) >= 11 is 0. The average molecular weight is 829 g/mol. The van der Waals surface area contributed by atoms with Crippen LogP contribution in [0.2, 0.25) is 0 Å². The van der Waals surface area contributed by atoms with E-state index in [4.69, 9.17) is 4.42 Å². The maximum absolute atomic E-state index is 6.34. The lowest BCUT2D eigenvalue weighted by atomic mass is 9.79. The van der Waals surface area contributed by atoms with E-state index in [-0.39, 0.29) is 10.8 Å². The first-order valence-electron chi connectivity index (χ1n) is 23.0. The summed E-state index contributed by atoms with van der Waals surface area (Å²) in [5.74, 6) is 0. The predicted octanol–water partition coefficient (Wildman–Crippen LogP) is 17.8. The van der Waals surface area contributed by atoms with Crippen molar-refractivity contribution in [1.29, 1.82) is 0 Å². The summed E-state index contributed by atoms with van der Waals surface area (Å²) in [5.41, 5.74) is 20.0. The van der Waals surface area contributed by atoms with E-state index in [9.17, 15) is 0 Å². The van der Waals surface area contributed by atoms with Gasteiger partial charge in [0.2, 0.25) is 0 Å². The molecule has 2 aliphatic rings. The SMILES string of the molecule is CC1(C)c2cc(-c3ccc4c(c3)-c3cc5cc6oc7ccccc7c6cc5cc3C4(C)C)ccc2-c2ccc(-c3c4ccccc4c(-c4cccc5ccccc45)c4ccccc34)cc21. The molecule has 0 amide bonds. The number of hydrogen-bond acceptors (Lipinski definition) is 1. The zero-order valence-corrected chi connectivity index (χ0v) is 36.9. The highest BCUT2D eigenvalue weighted by Gasteiger charge is 2.38. The Kier molecular flexibility index (Phi) is 7.30. The number of rotatable bonds is 3. The molecule has 14 rings (SSSR count). The molecule has 12 aromatic rings. The molecule has 0 spiro atoms. The van der Waals surface area contributed by atoms with Gasteiger partial charge in [0.25, 0.3) is 0 Å². The summed E-state index contributed by atoms with van der Waals surface area (Å²) in [6, 6.07) is 72.9. The minimum absolute atomic E-state index is 0.114. The van der Waals surface area contributed by atoms with Gasteiger partial charge in [0, 0.05) is 21.6 Å². The van der Waals surface area contributed by atoms with Crippen molar-refractivity contribution in [3.05, 3.63) is 216 Å². The molecule has 11 aromatic carbocycles. The summed E-state index contributed by atoms with van der Waals surface area (Å²) in [6.07, 6.45) is 0. The lowest BCUT2D eigenvalue weighted by Crippen LogP contribution is -2.15. The van der Waals surface area contributed by atoms with Crippen molar-refractivity contribution in [1.82, 2.24) is 0 Å². The summed E-state index contributed by atoms with van der Waals surface area (Å²) in [5, 5.41) is 12.5. The molecule has 1 heterocycles. The van der Waals surface area contributed by atoms with Crippen LogP contribution < -0.4 is 0 Å². The number of furan rings is 1. The molecule has 1 nitrogen and oxygen atoms in total. The van der Waals surface area contributed by atoms with E-state index in [0.29, 0.717) is 0 Å². The van der Waals surface area contributed by atoms with Gasteiger partial charge in [-0.2, -0.15) is 0 Å². The molecule has 0 N–H and O–H groups in total. The van der Waals surface area contributed by atoms with Crippen LogP contribution in [0, 0.1) is 0 Å². The monoisotopic (exact) mass is 828 g/mol. The Morgan fingerprint density at radius 3 is 1.54 bits per heavy atom. The molecular weight excluding hydrogens is 785 g/mol. The largest absolute Gasteiger partial charge is 0.456 e. The molecule has 0 radical (unpaired) electrons. The molecule has 1 aromatic heterocycles. The fourth-order valence-corrected chi connectivity index (χ4v) is 12.1. The second kappa shape index (κ2) is 12.9. The normalized spacial score (nSPS) is 14.4. The Hall–Kier alpha value is -7.74. The van der Waals surface area contributed by atoms with Crippen LogP contribution in [0.15, 0.2) is 199 Å². The van der Waals surface area contributed by atoms with E-state index in [1.165, 1.54) is 132 Å². The zero-order chi connectivity index (χ0) is 43.3. The van der Waals surface area contributed by atoms with Gasteiger partial charge in [0.05, 0.1) is 0 Å². The van der Waals surface area contributed by atoms with Gasteiger partial charge in [-0.15, -0.1) is 0 Å². The van der Waals surface area contributed by atoms with Crippen molar-refractivity contribution in [2.24, 2.45) is 0 Å². The van der Waals surface area contributed by atoms with E-state index < -0.39 is 0 Å². The van der Waals surface area contributed by atoms with Crippen molar-refractivity contribution in [3.8, 4) is 55.6 Å². The van der Waals surface area contributed by atoms with Gasteiger partial charge in [-0.3, -0.25) is 0 Å². The van der Waals surface area contributed by atoms with Crippen molar-refractivity contribution < 1.29 is 4.42 Å². The van der Waals surface area contributed by atoms with Gasteiger partial charge in [-0.25, -0.2) is 0 Å². The highest BCUT2D eigenvalue weighted by atomic mass is 16.3. The maximum atomic E-state index is 6.34. The minimum Gasteiger partial charge on any atom is -0.456 e. The third-order valence-electron chi connectivity index (χ3n) is 15.4. The fraction of sp³-hybridized carbons (Fsp3) is 0.0938. The predicted molar refractivity (Wildman–Crippen MR) is 275 cm³/mol. The minimum atomic E-state index is -0.197. The van der Waals surface area contributed by atoms with E-state index in [1.807, 2.05) is 6.07 Å². The van der Waals surface area contributed by atoms with Crippen LogP contribution in [-0.4, -0.2) is 0 Å². The molecule has 0 saturated carbocycles. The van der Waals surface area contributed by atoms with Gasteiger partial charge >= 0.3 is 0 Å². The molecule has 65 heavy (non-hydrogen) atoms. The topological polar surface area (TPSA) is 13.1 Å². The summed E-state index contributed by atoms with van der Waals surface area (Å²) in [6.45, 7) is 9.58. The van der Waals surface area contributed by atoms with Crippen molar-refractivity contribution in [2.75, 3.05) is 0 Å². The second-order valence-electron chi connectivity index (χ2n) is 19.6. The summed E-state index contributed by atoms with van der Waals surface area (Å²) < 4.78 is 6.34. The Morgan fingerprint density at radius 1 is 0.277 bits per heavy atom. The molecular formula is C64H44O. The third-order valence-corrected chi connectivity index (χ3v) is 15.4. The Balaban J connectivity index is 0.877. The van der Waals surface area contributed by atoms with Crippen molar-refractivity contribution in [3.63, 3.8) is 0 Å². The second-order valence-corrected chi connectivity index (χ2v) is 19.6. The van der Waals surface area contributed by atoms with Crippen LogP contribution in [0.3, 0.4) is 0 Å². The van der Waals surface area contributed by atoms with Gasteiger partial charge in [-0.1, -0.05) is 173 Å². The molecule has 0 fully saturated rings. The summed E-state index contributed by atoms with van der Waals surface area (Å²) in [7, 11) is 0. The van der Waals surface area contributed by atoms with Crippen molar-refractivity contribution >= 4 is 65.0 Å². The molecule has 0 atom stereocenters. The van der Waals surface area contributed by atoms with Crippen LogP contribution in [0.4, 0.5) is 0 Å². The van der Waals surface area contributed by atoms with Crippen LogP contribution in [0.1, 0.15) is 49.9 Å². The fourth-order valence-electron chi connectivity index (χ4n) is 12.1. The standard InChI is InChI=1S/C64H44O/c1-63(2)55-29-26-38(30-52(55)53-31-42-36-60-54(32-41(42)35-58(53)63)46-17-11-12-23-59(46)65-60)39-24-27-44-45-28-25-40(34-57(45)64(3,4)56(44)33-39)61-48-18-7-9-20-50(48)62(51-21-10-8-19-49(51)61)47-22-13-15-37-14-5-6-16-43(37)47/h5-36H,1-4H3. The lowest BCUT2D eigenvalue weighted by molar-refractivity contribution is 0.660. The molecule has 0 aliphatic heterocycles. The van der Waals surface area contributed by atoms with E-state index in [1.54, 1.807) is 0 Å². The highest BCUT2D eigenvalue weighted by Crippen LogP contribution is 2.54. The summed E-state index contributed by atoms with van der Waals surface area (Å²) in [4.78, 5) is 0. The highest BCUT2D eigenvalue weighted by molar-refractivity contribution is 6.23. The quantitative estimate of drug-likeness (QED) is 0.162. The number of para-hydroxylation sites is 1. The zero-order valence-electron chi connectivity index (χ0n) is 36.9. The first kappa shape index (κ1) is 36.7. The smallest absolute Gasteiger partial charge is 0.136 e. The van der Waals surface area contributed by atoms with E-state index in [0.717, 1.165) is 11.2 Å². The van der Waals surface area contributed by atoms with E-state index >= 15 is 0 Å². The molecule has 0 saturated heterocycles. The number of fused-ring (bicyclic) bond motifs is 13. The van der Waals surface area contributed by atoms with Crippen LogP contribution in [0.5, 0.6) is 0 Å². The van der Waals surface area contributed by atoms with Crippen LogP contribution in [-0.2, 0) is 10.8 Å². The molecule has 306 valence electrons. The molecule has 0 bridgehead atoms. The Morgan fingerprint density at radius 2 is 0.800 bits per heavy atom. The molecule has 0 unspecified atom stereocenters. The number of hydrogen-bond donors (Lipinski definition) is 0. The van der Waals surface area contributed by atoms with Crippen LogP contribution in [0.25, 0.3) is 121 Å². The molecule has 2 aliphatic carbocycles. The van der Waals surface area contributed by atoms with Crippen molar-refractivity contribution in [2.45, 2.75) is 38.5 Å². The van der Waals surface area contributed by atoms with E-state index in [2.05, 4.69) is 216 Å². The molecule has 1 heteroatoms. The Bertz CT molecular complexity index is 4000. The van der Waals surface area contributed by atoms with Crippen LogP contribution >= 0.6 is 0 Å². The van der Waals surface area contributed by atoms with Gasteiger partial charge in [0.15, 0.2) is 0 Å². The first-order valence-corrected chi connectivity index (χ1v) is 23.0. The maximum Gasteiger partial charge on any atom is 0.136 e.